The Bertz CT molecular complexity index is 635. The van der Waals surface area contributed by atoms with Crippen molar-refractivity contribution in [2.45, 2.75) is 24.9 Å². The van der Waals surface area contributed by atoms with Gasteiger partial charge in [-0.1, -0.05) is 18.2 Å². The van der Waals surface area contributed by atoms with Crippen LogP contribution in [0.3, 0.4) is 0 Å². The molecule has 3 heteroatoms. The molecule has 1 aliphatic heterocycles. The lowest BCUT2D eigenvalue weighted by atomic mass is 9.76. The van der Waals surface area contributed by atoms with Crippen LogP contribution < -0.4 is 4.74 Å². The molecule has 0 saturated heterocycles. The zero-order chi connectivity index (χ0) is 13.2. The Balaban J connectivity index is 2.06. The van der Waals surface area contributed by atoms with Crippen molar-refractivity contribution in [3.63, 3.8) is 0 Å². The number of hydrogen-bond donors (Lipinski definition) is 2. The van der Waals surface area contributed by atoms with E-state index in [0.29, 0.717) is 0 Å². The third-order valence-electron chi connectivity index (χ3n) is 4.49. The van der Waals surface area contributed by atoms with E-state index in [4.69, 9.17) is 4.74 Å². The number of hydrogen-bond acceptors (Lipinski definition) is 3. The van der Waals surface area contributed by atoms with Crippen LogP contribution in [0.15, 0.2) is 36.4 Å². The van der Waals surface area contributed by atoms with Gasteiger partial charge in [0.25, 0.3) is 0 Å². The van der Waals surface area contributed by atoms with Gasteiger partial charge in [-0.3, -0.25) is 0 Å². The summed E-state index contributed by atoms with van der Waals surface area (Å²) in [7, 11) is 0. The molecule has 2 aromatic rings. The van der Waals surface area contributed by atoms with Gasteiger partial charge in [-0.25, -0.2) is 0 Å². The first-order valence-electron chi connectivity index (χ1n) is 6.43. The normalized spacial score (nSPS) is 26.5. The van der Waals surface area contributed by atoms with E-state index in [1.54, 1.807) is 18.2 Å². The number of ether oxygens (including phenoxy) is 1. The second-order valence-corrected chi connectivity index (χ2v) is 5.47. The minimum atomic E-state index is -0.471. The summed E-state index contributed by atoms with van der Waals surface area (Å²) in [6.07, 6.45) is 0.702. The second-order valence-electron chi connectivity index (χ2n) is 5.47. The molecule has 0 aromatic heterocycles. The van der Waals surface area contributed by atoms with Gasteiger partial charge in [-0.15, -0.1) is 0 Å². The molecule has 0 spiro atoms. The largest absolute Gasteiger partial charge is 0.508 e. The van der Waals surface area contributed by atoms with Crippen LogP contribution in [0.5, 0.6) is 17.2 Å². The van der Waals surface area contributed by atoms with Gasteiger partial charge in [0.15, 0.2) is 0 Å². The molecule has 2 N–H and O–H groups in total. The topological polar surface area (TPSA) is 49.7 Å². The predicted molar refractivity (Wildman–Crippen MR) is 70.8 cm³/mol. The summed E-state index contributed by atoms with van der Waals surface area (Å²) in [4.78, 5) is 0. The fourth-order valence-corrected chi connectivity index (χ4v) is 3.66. The highest BCUT2D eigenvalue weighted by molar-refractivity contribution is 5.64. The van der Waals surface area contributed by atoms with Crippen molar-refractivity contribution >= 4 is 0 Å². The lowest BCUT2D eigenvalue weighted by Crippen LogP contribution is -2.32. The van der Waals surface area contributed by atoms with Crippen molar-refractivity contribution in [1.82, 2.24) is 0 Å². The van der Waals surface area contributed by atoms with Crippen molar-refractivity contribution in [2.75, 3.05) is 0 Å². The van der Waals surface area contributed by atoms with Gasteiger partial charge >= 0.3 is 0 Å². The van der Waals surface area contributed by atoms with Crippen molar-refractivity contribution in [3.8, 4) is 17.2 Å². The molecule has 1 heterocycles. The molecule has 0 radical (unpaired) electrons. The Morgan fingerprint density at radius 2 is 1.74 bits per heavy atom. The Hall–Kier alpha value is -2.16. The first-order valence-corrected chi connectivity index (χ1v) is 6.43. The van der Waals surface area contributed by atoms with Gasteiger partial charge < -0.3 is 14.9 Å². The van der Waals surface area contributed by atoms with Crippen LogP contribution in [0, 0.1) is 0 Å². The highest BCUT2D eigenvalue weighted by Gasteiger charge is 2.54. The molecular formula is C16H14O3. The Morgan fingerprint density at radius 1 is 1.05 bits per heavy atom. The molecule has 0 saturated carbocycles. The molecule has 3 nitrogen and oxygen atoms in total. The number of fused-ring (bicyclic) bond motifs is 5. The molecule has 4 rings (SSSR count). The first kappa shape index (κ1) is 10.7. The summed E-state index contributed by atoms with van der Waals surface area (Å²) in [6, 6.07) is 10.9. The summed E-state index contributed by atoms with van der Waals surface area (Å²) >= 11 is 0. The van der Waals surface area contributed by atoms with Gasteiger partial charge in [-0.2, -0.15) is 0 Å². The molecule has 2 aliphatic rings. The summed E-state index contributed by atoms with van der Waals surface area (Å²) in [5.41, 5.74) is 2.31. The maximum absolute atomic E-state index is 10.2. The number of phenolic OH excluding ortho intramolecular Hbond substituents is 2. The zero-order valence-corrected chi connectivity index (χ0v) is 10.6. The van der Waals surface area contributed by atoms with Crippen molar-refractivity contribution in [3.05, 3.63) is 53.1 Å². The average Bonchev–Trinajstić information content (AvgIpc) is 2.79. The maximum atomic E-state index is 10.2. The SMILES string of the molecule is C[C@@]12c3c(O)cccc3CC1Oc1cccc(O)c12. The van der Waals surface area contributed by atoms with Gasteiger partial charge in [0.2, 0.25) is 0 Å². The predicted octanol–water partition coefficient (Wildman–Crippen LogP) is 2.72. The third-order valence-corrected chi connectivity index (χ3v) is 4.49. The smallest absolute Gasteiger partial charge is 0.127 e. The van der Waals surface area contributed by atoms with Crippen LogP contribution in [-0.2, 0) is 11.8 Å². The lowest BCUT2D eigenvalue weighted by Gasteiger charge is -2.25. The number of aromatic hydroxyl groups is 2. The Labute approximate surface area is 111 Å². The van der Waals surface area contributed by atoms with Gasteiger partial charge in [-0.05, 0) is 30.7 Å². The van der Waals surface area contributed by atoms with Crippen LogP contribution in [0.25, 0.3) is 0 Å². The van der Waals surface area contributed by atoms with Crippen molar-refractivity contribution in [1.29, 1.82) is 0 Å². The summed E-state index contributed by atoms with van der Waals surface area (Å²) in [5, 5.41) is 20.4. The molecular weight excluding hydrogens is 240 g/mol. The lowest BCUT2D eigenvalue weighted by molar-refractivity contribution is 0.191. The standard InChI is InChI=1S/C16H14O3/c1-16-13(8-9-4-2-5-10(17)14(9)16)19-12-7-3-6-11(18)15(12)16/h2-7,13,17-18H,8H2,1H3/t13?,16-/m0/s1. The number of benzene rings is 2. The maximum Gasteiger partial charge on any atom is 0.127 e. The zero-order valence-electron chi connectivity index (χ0n) is 10.6. The van der Waals surface area contributed by atoms with Crippen LogP contribution in [0.1, 0.15) is 23.6 Å². The van der Waals surface area contributed by atoms with Crippen LogP contribution in [-0.4, -0.2) is 16.3 Å². The van der Waals surface area contributed by atoms with Crippen LogP contribution in [0.2, 0.25) is 0 Å². The van der Waals surface area contributed by atoms with E-state index in [9.17, 15) is 10.2 Å². The van der Waals surface area contributed by atoms with E-state index < -0.39 is 5.41 Å². The Kier molecular flexibility index (Phi) is 1.83. The molecule has 1 unspecified atom stereocenters. The van der Waals surface area contributed by atoms with Crippen molar-refractivity contribution in [2.24, 2.45) is 0 Å². The molecule has 2 atom stereocenters. The average molecular weight is 254 g/mol. The minimum absolute atomic E-state index is 0.0564. The number of rotatable bonds is 0. The molecule has 0 amide bonds. The third kappa shape index (κ3) is 1.13. The summed E-state index contributed by atoms with van der Waals surface area (Å²) in [5.74, 6) is 1.24. The van der Waals surface area contributed by atoms with E-state index in [1.165, 1.54) is 0 Å². The molecule has 96 valence electrons. The van der Waals surface area contributed by atoms with E-state index in [0.717, 1.165) is 28.9 Å². The molecule has 0 fully saturated rings. The molecule has 0 bridgehead atoms. The number of phenols is 2. The highest BCUT2D eigenvalue weighted by Crippen LogP contribution is 2.57. The van der Waals surface area contributed by atoms with Gasteiger partial charge in [0.1, 0.15) is 23.4 Å². The van der Waals surface area contributed by atoms with Crippen LogP contribution >= 0.6 is 0 Å². The van der Waals surface area contributed by atoms with E-state index in [1.807, 2.05) is 25.1 Å². The highest BCUT2D eigenvalue weighted by atomic mass is 16.5. The fourth-order valence-electron chi connectivity index (χ4n) is 3.66. The van der Waals surface area contributed by atoms with E-state index in [-0.39, 0.29) is 17.6 Å². The Morgan fingerprint density at radius 3 is 2.53 bits per heavy atom. The summed E-state index contributed by atoms with van der Waals surface area (Å²) in [6.45, 7) is 2.04. The van der Waals surface area contributed by atoms with E-state index in [2.05, 4.69) is 0 Å². The van der Waals surface area contributed by atoms with Crippen molar-refractivity contribution < 1.29 is 14.9 Å². The van der Waals surface area contributed by atoms with Gasteiger partial charge in [0, 0.05) is 12.0 Å². The van der Waals surface area contributed by atoms with E-state index >= 15 is 0 Å². The molecule has 2 aromatic carbocycles. The van der Waals surface area contributed by atoms with Crippen LogP contribution in [0.4, 0.5) is 0 Å². The first-order chi connectivity index (χ1) is 9.12. The second kappa shape index (κ2) is 3.23. The quantitative estimate of drug-likeness (QED) is 0.760. The van der Waals surface area contributed by atoms with Gasteiger partial charge in [0.05, 0.1) is 11.0 Å². The molecule has 19 heavy (non-hydrogen) atoms. The summed E-state index contributed by atoms with van der Waals surface area (Å²) < 4.78 is 5.98. The fraction of sp³-hybridized carbons (Fsp3) is 0.250. The minimum Gasteiger partial charge on any atom is -0.508 e. The monoisotopic (exact) mass is 254 g/mol. The molecule has 1 aliphatic carbocycles.